The van der Waals surface area contributed by atoms with Crippen LogP contribution in [0.25, 0.3) is 0 Å². The molecule has 0 spiro atoms. The first-order valence-corrected chi connectivity index (χ1v) is 9.56. The number of nitrogens with zero attached hydrogens (tertiary/aromatic N) is 3. The summed E-state index contributed by atoms with van der Waals surface area (Å²) in [5, 5.41) is 10.5. The van der Waals surface area contributed by atoms with Gasteiger partial charge in [-0.1, -0.05) is 0 Å². The van der Waals surface area contributed by atoms with Gasteiger partial charge in [0.05, 0.1) is 11.9 Å². The molecule has 1 atom stereocenters. The second-order valence-electron chi connectivity index (χ2n) is 5.50. The molecular weight excluding hydrogens is 302 g/mol. The third-order valence-electron chi connectivity index (χ3n) is 3.08. The molecule has 1 aromatic heterocycles. The smallest absolute Gasteiger partial charge is 0.191 e. The van der Waals surface area contributed by atoms with Gasteiger partial charge >= 0.3 is 0 Å². The average molecular weight is 329 g/mol. The molecule has 0 saturated carbocycles. The van der Waals surface area contributed by atoms with Gasteiger partial charge in [0.15, 0.2) is 5.96 Å². The van der Waals surface area contributed by atoms with Gasteiger partial charge in [0.25, 0.3) is 0 Å². The zero-order valence-electron chi connectivity index (χ0n) is 13.8. The minimum atomic E-state index is -2.93. The van der Waals surface area contributed by atoms with Crippen molar-refractivity contribution in [2.24, 2.45) is 12.0 Å². The third-order valence-corrected chi connectivity index (χ3v) is 4.06. The third kappa shape index (κ3) is 8.02. The summed E-state index contributed by atoms with van der Waals surface area (Å²) in [6.45, 7) is 5.37. The van der Waals surface area contributed by atoms with Crippen LogP contribution >= 0.6 is 0 Å². The van der Waals surface area contributed by atoms with Crippen LogP contribution in [0.5, 0.6) is 0 Å². The fraction of sp³-hybridized carbons (Fsp3) is 0.714. The van der Waals surface area contributed by atoms with Gasteiger partial charge in [0, 0.05) is 38.6 Å². The molecule has 0 aliphatic heterocycles. The molecule has 0 aromatic carbocycles. The maximum Gasteiger partial charge on any atom is 0.191 e. The van der Waals surface area contributed by atoms with E-state index in [1.54, 1.807) is 4.68 Å². The molecule has 0 fully saturated rings. The standard InChI is InChI=1S/C14H27N5O2S/c1-5-15-14(18-12(2)7-9-22(4,20)21)16-8-6-13-10-17-19(3)11-13/h10-12H,5-9H2,1-4H3,(H2,15,16,18). The van der Waals surface area contributed by atoms with Crippen molar-refractivity contribution in [3.05, 3.63) is 18.0 Å². The summed E-state index contributed by atoms with van der Waals surface area (Å²) in [6.07, 6.45) is 6.45. The summed E-state index contributed by atoms with van der Waals surface area (Å²) in [6, 6.07) is 0.0471. The Kier molecular flexibility index (Phi) is 7.37. The number of rotatable bonds is 8. The molecule has 2 N–H and O–H groups in total. The van der Waals surface area contributed by atoms with Crippen molar-refractivity contribution in [1.82, 2.24) is 20.4 Å². The van der Waals surface area contributed by atoms with Crippen molar-refractivity contribution < 1.29 is 8.42 Å². The van der Waals surface area contributed by atoms with E-state index in [2.05, 4.69) is 20.7 Å². The monoisotopic (exact) mass is 329 g/mol. The number of aliphatic imine (C=N–C) groups is 1. The number of guanidine groups is 1. The summed E-state index contributed by atoms with van der Waals surface area (Å²) in [7, 11) is -1.04. The van der Waals surface area contributed by atoms with Crippen molar-refractivity contribution >= 4 is 15.8 Å². The van der Waals surface area contributed by atoms with E-state index in [0.29, 0.717) is 18.9 Å². The lowest BCUT2D eigenvalue weighted by molar-refractivity contribution is 0.581. The van der Waals surface area contributed by atoms with Gasteiger partial charge in [-0.05, 0) is 32.3 Å². The maximum atomic E-state index is 11.2. The molecule has 126 valence electrons. The first kappa shape index (κ1) is 18.5. The lowest BCUT2D eigenvalue weighted by Crippen LogP contribution is -2.43. The van der Waals surface area contributed by atoms with Crippen LogP contribution in [0.15, 0.2) is 17.4 Å². The number of hydrogen-bond donors (Lipinski definition) is 2. The first-order valence-electron chi connectivity index (χ1n) is 7.50. The topological polar surface area (TPSA) is 88.4 Å². The number of nitrogens with one attached hydrogen (secondary N) is 2. The van der Waals surface area contributed by atoms with Gasteiger partial charge in [-0.2, -0.15) is 5.10 Å². The SMILES string of the molecule is CCNC(=NCCc1cnn(C)c1)NC(C)CCS(C)(=O)=O. The van der Waals surface area contributed by atoms with Crippen LogP contribution in [0.3, 0.4) is 0 Å². The highest BCUT2D eigenvalue weighted by molar-refractivity contribution is 7.90. The van der Waals surface area contributed by atoms with Crippen molar-refractivity contribution in [1.29, 1.82) is 0 Å². The number of aryl methyl sites for hydroxylation is 1. The molecule has 7 nitrogen and oxygen atoms in total. The Balaban J connectivity index is 2.47. The van der Waals surface area contributed by atoms with Crippen LogP contribution < -0.4 is 10.6 Å². The number of aromatic nitrogens is 2. The molecule has 1 heterocycles. The second kappa shape index (κ2) is 8.77. The maximum absolute atomic E-state index is 11.2. The molecule has 22 heavy (non-hydrogen) atoms. The fourth-order valence-electron chi connectivity index (χ4n) is 1.91. The molecule has 1 unspecified atom stereocenters. The molecule has 0 radical (unpaired) electrons. The Labute approximate surface area is 133 Å². The molecule has 8 heteroatoms. The van der Waals surface area contributed by atoms with Gasteiger partial charge < -0.3 is 10.6 Å². The van der Waals surface area contributed by atoms with Crippen LogP contribution in [0, 0.1) is 0 Å². The number of sulfone groups is 1. The Bertz CT molecular complexity index is 580. The van der Waals surface area contributed by atoms with Crippen LogP contribution in [-0.4, -0.2) is 55.3 Å². The van der Waals surface area contributed by atoms with Gasteiger partial charge in [-0.3, -0.25) is 9.67 Å². The summed E-state index contributed by atoms with van der Waals surface area (Å²) in [4.78, 5) is 4.51. The Morgan fingerprint density at radius 2 is 2.23 bits per heavy atom. The van der Waals surface area contributed by atoms with Crippen LogP contribution in [-0.2, 0) is 23.3 Å². The normalized spacial score (nSPS) is 13.9. The Hall–Kier alpha value is -1.57. The second-order valence-corrected chi connectivity index (χ2v) is 7.76. The van der Waals surface area contributed by atoms with E-state index in [1.165, 1.54) is 6.26 Å². The molecule has 0 saturated heterocycles. The number of hydrogen-bond acceptors (Lipinski definition) is 4. The summed E-state index contributed by atoms with van der Waals surface area (Å²) < 4.78 is 24.2. The highest BCUT2D eigenvalue weighted by Crippen LogP contribution is 1.98. The molecule has 0 aliphatic carbocycles. The first-order chi connectivity index (χ1) is 10.3. The van der Waals surface area contributed by atoms with Crippen LogP contribution in [0.2, 0.25) is 0 Å². The molecule has 1 aromatic rings. The lowest BCUT2D eigenvalue weighted by atomic mass is 10.2. The zero-order valence-corrected chi connectivity index (χ0v) is 14.7. The average Bonchev–Trinajstić information content (AvgIpc) is 2.81. The van der Waals surface area contributed by atoms with Gasteiger partial charge in [-0.15, -0.1) is 0 Å². The highest BCUT2D eigenvalue weighted by atomic mass is 32.2. The predicted molar refractivity (Wildman–Crippen MR) is 89.8 cm³/mol. The largest absolute Gasteiger partial charge is 0.357 e. The molecule has 0 aliphatic rings. The molecule has 0 amide bonds. The van der Waals surface area contributed by atoms with Crippen LogP contribution in [0.1, 0.15) is 25.8 Å². The zero-order chi connectivity index (χ0) is 16.6. The highest BCUT2D eigenvalue weighted by Gasteiger charge is 2.09. The van der Waals surface area contributed by atoms with Gasteiger partial charge in [-0.25, -0.2) is 8.42 Å². The summed E-state index contributed by atoms with van der Waals surface area (Å²) >= 11 is 0. The van der Waals surface area contributed by atoms with E-state index in [9.17, 15) is 8.42 Å². The van der Waals surface area contributed by atoms with E-state index < -0.39 is 9.84 Å². The van der Waals surface area contributed by atoms with Gasteiger partial charge in [0.2, 0.25) is 0 Å². The van der Waals surface area contributed by atoms with E-state index in [1.807, 2.05) is 33.3 Å². The minimum absolute atomic E-state index is 0.0471. The van der Waals surface area contributed by atoms with Crippen molar-refractivity contribution in [3.63, 3.8) is 0 Å². The van der Waals surface area contributed by atoms with E-state index in [-0.39, 0.29) is 11.8 Å². The van der Waals surface area contributed by atoms with E-state index in [4.69, 9.17) is 0 Å². The lowest BCUT2D eigenvalue weighted by Gasteiger charge is -2.17. The summed E-state index contributed by atoms with van der Waals surface area (Å²) in [5.41, 5.74) is 1.15. The van der Waals surface area contributed by atoms with Crippen LogP contribution in [0.4, 0.5) is 0 Å². The minimum Gasteiger partial charge on any atom is -0.357 e. The fourth-order valence-corrected chi connectivity index (χ4v) is 2.70. The Morgan fingerprint density at radius 1 is 1.50 bits per heavy atom. The van der Waals surface area contributed by atoms with E-state index in [0.717, 1.165) is 18.5 Å². The quantitative estimate of drug-likeness (QED) is 0.530. The molecular formula is C14H27N5O2S. The van der Waals surface area contributed by atoms with Crippen molar-refractivity contribution in [2.45, 2.75) is 32.7 Å². The molecule has 0 bridgehead atoms. The van der Waals surface area contributed by atoms with E-state index >= 15 is 0 Å². The van der Waals surface area contributed by atoms with Crippen molar-refractivity contribution in [2.75, 3.05) is 25.1 Å². The van der Waals surface area contributed by atoms with Crippen molar-refractivity contribution in [3.8, 4) is 0 Å². The van der Waals surface area contributed by atoms with Gasteiger partial charge in [0.1, 0.15) is 9.84 Å². The molecule has 1 rings (SSSR count). The predicted octanol–water partition coefficient (Wildman–Crippen LogP) is 0.341. The summed E-state index contributed by atoms with van der Waals surface area (Å²) in [5.74, 6) is 0.892. The Morgan fingerprint density at radius 3 is 2.77 bits per heavy atom.